The summed E-state index contributed by atoms with van der Waals surface area (Å²) in [5.74, 6) is -3.49. The summed E-state index contributed by atoms with van der Waals surface area (Å²) in [7, 11) is -1.96. The zero-order chi connectivity index (χ0) is 46.0. The Kier molecular flexibility index (Phi) is 12.9. The molecule has 1 aliphatic heterocycles. The van der Waals surface area contributed by atoms with Gasteiger partial charge >= 0.3 is 10.1 Å². The highest BCUT2D eigenvalue weighted by molar-refractivity contribution is 8.14. The molecule has 0 radical (unpaired) electrons. The number of fused-ring (bicyclic) bond motifs is 3. The second kappa shape index (κ2) is 17.0. The fourth-order valence-electron chi connectivity index (χ4n) is 5.58. The molecule has 4 aromatic carbocycles. The molecule has 0 aliphatic carbocycles. The molecule has 0 spiro atoms. The first-order chi connectivity index (χ1) is 28.8. The summed E-state index contributed by atoms with van der Waals surface area (Å²) in [6.07, 6.45) is 0.198. The van der Waals surface area contributed by atoms with Gasteiger partial charge in [-0.25, -0.2) is 26.1 Å². The van der Waals surface area contributed by atoms with Gasteiger partial charge in [-0.05, 0) is 60.7 Å². The molecule has 3 amide bonds. The third-order valence-electron chi connectivity index (χ3n) is 8.47. The quantitative estimate of drug-likeness (QED) is 0.0476. The van der Waals surface area contributed by atoms with Gasteiger partial charge in [-0.3, -0.25) is 47.8 Å². The maximum absolute atomic E-state index is 13.1. The largest absolute Gasteiger partial charge is 0.422 e. The van der Waals surface area contributed by atoms with Crippen molar-refractivity contribution in [3.8, 4) is 0 Å². The highest BCUT2D eigenvalue weighted by atomic mass is 35.7. The number of halogens is 2. The number of amides is 3. The lowest BCUT2D eigenvalue weighted by molar-refractivity contribution is -0.0375. The lowest BCUT2D eigenvalue weighted by Gasteiger charge is -2.12. The summed E-state index contributed by atoms with van der Waals surface area (Å²) in [4.78, 5) is 97.7. The number of hydrogen-bond acceptors (Lipinski definition) is 19. The summed E-state index contributed by atoms with van der Waals surface area (Å²) in [5.41, 5.74) is -6.67. The van der Waals surface area contributed by atoms with Crippen molar-refractivity contribution in [2.45, 2.75) is 27.0 Å². The minimum Gasteiger partial charge on any atom is -0.422 e. The maximum atomic E-state index is 13.1. The Morgan fingerprint density at radius 2 is 1.17 bits per heavy atom. The molecule has 1 unspecified atom stereocenters. The maximum Gasteiger partial charge on any atom is 0.357 e. The number of rotatable bonds is 10. The number of carbonyl (C=O) groups excluding carboxylic acids is 4. The Balaban J connectivity index is 0.000000426. The number of hydroxylamine groups is 4. The highest BCUT2D eigenvalue weighted by Crippen LogP contribution is 2.29. The van der Waals surface area contributed by atoms with Crippen LogP contribution >= 0.6 is 21.4 Å². The zero-order valence-electron chi connectivity index (χ0n) is 30.0. The second-order valence-corrected chi connectivity index (χ2v) is 20.0. The van der Waals surface area contributed by atoms with Crippen LogP contribution in [-0.2, 0) is 43.6 Å². The van der Waals surface area contributed by atoms with Crippen LogP contribution < -0.4 is 26.5 Å². The minimum absolute atomic E-state index is 0. The zero-order valence-corrected chi connectivity index (χ0v) is 34.8. The predicted molar refractivity (Wildman–Crippen MR) is 215 cm³/mol. The average Bonchev–Trinajstić information content (AvgIpc) is 3.69. The van der Waals surface area contributed by atoms with E-state index in [2.05, 4.69) is 0 Å². The van der Waals surface area contributed by atoms with Crippen LogP contribution in [0.15, 0.2) is 112 Å². The van der Waals surface area contributed by atoms with Crippen LogP contribution in [0.3, 0.4) is 0 Å². The molecule has 1 aliphatic rings. The smallest absolute Gasteiger partial charge is 0.357 e. The van der Waals surface area contributed by atoms with E-state index in [0.29, 0.717) is 6.07 Å². The van der Waals surface area contributed by atoms with E-state index < -0.39 is 127 Å². The van der Waals surface area contributed by atoms with Crippen molar-refractivity contribution in [3.63, 3.8) is 0 Å². The van der Waals surface area contributed by atoms with Gasteiger partial charge in [0, 0.05) is 34.0 Å². The molecule has 2 aromatic heterocycles. The Morgan fingerprint density at radius 3 is 1.65 bits per heavy atom. The molecular formula is C34H22Cl2N4O19S4. The number of carbonyl (C=O) groups is 4. The van der Waals surface area contributed by atoms with Crippen LogP contribution in [0.4, 0.5) is 0 Å². The van der Waals surface area contributed by atoms with Gasteiger partial charge < -0.3 is 5.21 Å². The fourth-order valence-corrected chi connectivity index (χ4v) is 9.02. The minimum atomic E-state index is -5.07. The van der Waals surface area contributed by atoms with Crippen molar-refractivity contribution < 1.29 is 67.6 Å². The van der Waals surface area contributed by atoms with Gasteiger partial charge in [0.1, 0.15) is 4.90 Å². The van der Waals surface area contributed by atoms with E-state index in [1.807, 2.05) is 0 Å². The molecule has 7 rings (SSSR count). The summed E-state index contributed by atoms with van der Waals surface area (Å²) in [6.45, 7) is 0. The molecule has 63 heavy (non-hydrogen) atoms. The fraction of sp³-hybridized carbons (Fsp3) is 0.0588. The Hall–Kier alpha value is -6.46. The van der Waals surface area contributed by atoms with Crippen LogP contribution in [0, 0.1) is 0 Å². The molecule has 1 atom stereocenters. The lowest BCUT2D eigenvalue weighted by atomic mass is 9.99. The standard InChI is InChI=1S/C27H14N4O15S2.C6H4Cl2O4S2.CH4/c1-28(40)21(33)14-7-18-15(5-11(14)10-32)24(36)30(25(18)37)45-47(42)12-3-2-4-13(6-12)48(43,44)46-31-26(38)19-8-16-17(9-20(19)27(31)39)23(35)29(41)22(16)34;7-13(9,10)5-2-1-3-6(4-5)14(8,11)12;/h2-10,40-41H,1H3;1-4H;1H4. The highest BCUT2D eigenvalue weighted by Gasteiger charge is 2.40. The Morgan fingerprint density at radius 1 is 0.714 bits per heavy atom. The molecule has 0 saturated carbocycles. The number of nitrogens with zero attached hydrogens (tertiary/aromatic N) is 4. The van der Waals surface area contributed by atoms with Crippen LogP contribution in [0.5, 0.6) is 0 Å². The van der Waals surface area contributed by atoms with E-state index in [1.165, 1.54) is 18.2 Å². The van der Waals surface area contributed by atoms with Crippen molar-refractivity contribution in [1.82, 2.24) is 19.6 Å². The van der Waals surface area contributed by atoms with E-state index in [4.69, 9.17) is 29.9 Å². The third kappa shape index (κ3) is 8.80. The molecule has 2 N–H and O–H groups in total. The first-order valence-corrected chi connectivity index (χ1v) is 23.2. The molecule has 3 heterocycles. The van der Waals surface area contributed by atoms with E-state index in [0.717, 1.165) is 55.6 Å². The summed E-state index contributed by atoms with van der Waals surface area (Å²) in [6, 6.07) is 11.6. The van der Waals surface area contributed by atoms with Crippen molar-refractivity contribution in [1.29, 1.82) is 0 Å². The number of benzene rings is 4. The van der Waals surface area contributed by atoms with Gasteiger partial charge in [0.15, 0.2) is 6.29 Å². The van der Waals surface area contributed by atoms with Gasteiger partial charge in [-0.2, -0.15) is 12.7 Å². The molecule has 0 fully saturated rings. The van der Waals surface area contributed by atoms with Gasteiger partial charge in [0.2, 0.25) is 11.1 Å². The van der Waals surface area contributed by atoms with Gasteiger partial charge in [0.25, 0.3) is 58.1 Å². The first-order valence-electron chi connectivity index (χ1n) is 16.1. The van der Waals surface area contributed by atoms with Crippen molar-refractivity contribution in [2.24, 2.45) is 0 Å². The molecule has 0 saturated heterocycles. The van der Waals surface area contributed by atoms with Gasteiger partial charge in [-0.1, -0.05) is 24.3 Å². The van der Waals surface area contributed by atoms with Crippen LogP contribution in [0.2, 0.25) is 0 Å². The van der Waals surface area contributed by atoms with E-state index in [-0.39, 0.29) is 48.7 Å². The van der Waals surface area contributed by atoms with Crippen LogP contribution in [0.25, 0.3) is 21.5 Å². The summed E-state index contributed by atoms with van der Waals surface area (Å²) < 4.78 is 92.0. The molecule has 29 heteroatoms. The molecule has 23 nitrogen and oxygen atoms in total. The van der Waals surface area contributed by atoms with Crippen molar-refractivity contribution in [3.05, 3.63) is 136 Å². The van der Waals surface area contributed by atoms with Crippen LogP contribution in [-0.4, -0.2) is 90.5 Å². The Labute approximate surface area is 362 Å². The van der Waals surface area contributed by atoms with Gasteiger partial charge in [0.05, 0.1) is 52.9 Å². The number of aromatic nitrogens is 2. The lowest BCUT2D eigenvalue weighted by Crippen LogP contribution is -2.35. The number of aldehydes is 1. The summed E-state index contributed by atoms with van der Waals surface area (Å²) in [5, 5.41) is 17.3. The Bertz CT molecular complexity index is 3450. The van der Waals surface area contributed by atoms with E-state index in [9.17, 15) is 78.2 Å². The van der Waals surface area contributed by atoms with Gasteiger partial charge in [-0.15, -0.1) is 9.79 Å². The molecule has 0 bridgehead atoms. The SMILES string of the molecule is C.CN(O)C(=O)c1cc2c(cc1C=O)C(=O)N(OS(=O)c1cccc(S(=O)(=O)On3c(=O)c4cc5c(=O)n(O)c(=O)c5cc4c3=O)c1)C2=O.O=S(=O)(Cl)c1cccc(S(=O)(=O)Cl)c1. The second-order valence-electron chi connectivity index (χ2n) is 12.3. The summed E-state index contributed by atoms with van der Waals surface area (Å²) >= 11 is -2.79. The van der Waals surface area contributed by atoms with E-state index in [1.54, 1.807) is 0 Å². The monoisotopic (exact) mass is 988 g/mol. The third-order valence-corrected chi connectivity index (χ3v) is 13.3. The first kappa shape index (κ1) is 47.6. The average molecular weight is 990 g/mol. The predicted octanol–water partition coefficient (Wildman–Crippen LogP) is 0.669. The molecule has 330 valence electrons. The van der Waals surface area contributed by atoms with Crippen molar-refractivity contribution >= 4 is 106 Å². The number of imide groups is 1. The van der Waals surface area contributed by atoms with Crippen LogP contribution in [0.1, 0.15) is 48.9 Å². The normalized spacial score (nSPS) is 13.2. The molecule has 6 aromatic rings. The molecular weight excluding hydrogens is 968 g/mol. The van der Waals surface area contributed by atoms with E-state index >= 15 is 0 Å². The number of hydrogen-bond donors (Lipinski definition) is 2. The topological polar surface area (TPSA) is 331 Å². The van der Waals surface area contributed by atoms with Crippen molar-refractivity contribution in [2.75, 3.05) is 7.05 Å².